The topological polar surface area (TPSA) is 27.7 Å². The van der Waals surface area contributed by atoms with Crippen molar-refractivity contribution in [3.8, 4) is 0 Å². The molecule has 0 radical (unpaired) electrons. The minimum atomic E-state index is -0.441. The van der Waals surface area contributed by atoms with Gasteiger partial charge in [0.25, 0.3) is 0 Å². The van der Waals surface area contributed by atoms with Crippen LogP contribution in [0.3, 0.4) is 0 Å². The molecule has 2 saturated heterocycles. The Hall–Kier alpha value is -0.120. The highest BCUT2D eigenvalue weighted by molar-refractivity contribution is 4.92. The Morgan fingerprint density at radius 2 is 1.85 bits per heavy atom. The molecule has 0 bridgehead atoms. The minimum Gasteiger partial charge on any atom is -0.346 e. The highest BCUT2D eigenvalue weighted by Gasteiger charge is 2.51. The summed E-state index contributed by atoms with van der Waals surface area (Å²) in [5, 5.41) is 0. The maximum Gasteiger partial charge on any atom is 0.187 e. The van der Waals surface area contributed by atoms with Crippen molar-refractivity contribution >= 4 is 0 Å². The average Bonchev–Trinajstić information content (AvgIpc) is 2.71. The van der Waals surface area contributed by atoms with Gasteiger partial charge in [-0.25, -0.2) is 0 Å². The van der Waals surface area contributed by atoms with Crippen LogP contribution in [0.1, 0.15) is 33.1 Å². The normalized spacial score (nSPS) is 48.0. The highest BCUT2D eigenvalue weighted by atomic mass is 16.8. The molecule has 3 heteroatoms. The van der Waals surface area contributed by atoms with Crippen LogP contribution >= 0.6 is 0 Å². The Kier molecular flexibility index (Phi) is 1.56. The van der Waals surface area contributed by atoms with Gasteiger partial charge in [0.1, 0.15) is 6.10 Å². The fourth-order valence-corrected chi connectivity index (χ4v) is 2.31. The largest absolute Gasteiger partial charge is 0.346 e. The third kappa shape index (κ3) is 1.39. The molecule has 0 N–H and O–H groups in total. The van der Waals surface area contributed by atoms with Gasteiger partial charge in [-0.1, -0.05) is 0 Å². The van der Waals surface area contributed by atoms with E-state index in [-0.39, 0.29) is 12.4 Å². The van der Waals surface area contributed by atoms with E-state index in [0.717, 1.165) is 12.3 Å². The second-order valence-electron chi connectivity index (χ2n) is 4.79. The molecule has 0 unspecified atom stereocenters. The molecule has 0 aromatic heterocycles. The SMILES string of the molecule is CC1(C)O[C@H]2O[C@H](C3CC3)C[C@H]2O1. The molecule has 2 heterocycles. The van der Waals surface area contributed by atoms with Crippen molar-refractivity contribution < 1.29 is 14.2 Å². The third-order valence-electron chi connectivity index (χ3n) is 3.06. The molecule has 3 nitrogen and oxygen atoms in total. The molecule has 0 aromatic rings. The molecule has 3 aliphatic rings. The van der Waals surface area contributed by atoms with Crippen LogP contribution in [0.25, 0.3) is 0 Å². The molecule has 0 spiro atoms. The summed E-state index contributed by atoms with van der Waals surface area (Å²) in [4.78, 5) is 0. The molecule has 3 rings (SSSR count). The van der Waals surface area contributed by atoms with Crippen LogP contribution in [0.15, 0.2) is 0 Å². The number of hydrogen-bond donors (Lipinski definition) is 0. The van der Waals surface area contributed by atoms with Crippen molar-refractivity contribution in [3.63, 3.8) is 0 Å². The maximum absolute atomic E-state index is 5.80. The lowest BCUT2D eigenvalue weighted by molar-refractivity contribution is -0.206. The van der Waals surface area contributed by atoms with E-state index in [1.54, 1.807) is 0 Å². The first-order valence-electron chi connectivity index (χ1n) is 5.15. The first kappa shape index (κ1) is 8.21. The van der Waals surface area contributed by atoms with Crippen LogP contribution in [0, 0.1) is 5.92 Å². The van der Waals surface area contributed by atoms with E-state index in [2.05, 4.69) is 0 Å². The lowest BCUT2D eigenvalue weighted by atomic mass is 10.1. The van der Waals surface area contributed by atoms with Crippen LogP contribution in [-0.2, 0) is 14.2 Å². The number of hydrogen-bond acceptors (Lipinski definition) is 3. The summed E-state index contributed by atoms with van der Waals surface area (Å²) < 4.78 is 17.2. The molecule has 1 saturated carbocycles. The number of fused-ring (bicyclic) bond motifs is 1. The molecule has 74 valence electrons. The van der Waals surface area contributed by atoms with Gasteiger partial charge in [0.15, 0.2) is 12.1 Å². The second-order valence-corrected chi connectivity index (χ2v) is 4.79. The molecular weight excluding hydrogens is 168 g/mol. The predicted molar refractivity (Wildman–Crippen MR) is 46.0 cm³/mol. The highest BCUT2D eigenvalue weighted by Crippen LogP contribution is 2.45. The zero-order valence-electron chi connectivity index (χ0n) is 8.16. The monoisotopic (exact) mass is 184 g/mol. The van der Waals surface area contributed by atoms with Gasteiger partial charge in [-0.3, -0.25) is 0 Å². The summed E-state index contributed by atoms with van der Waals surface area (Å²) in [6.07, 6.45) is 4.17. The fourth-order valence-electron chi connectivity index (χ4n) is 2.31. The van der Waals surface area contributed by atoms with E-state index >= 15 is 0 Å². The zero-order valence-corrected chi connectivity index (χ0v) is 8.16. The average molecular weight is 184 g/mol. The third-order valence-corrected chi connectivity index (χ3v) is 3.06. The molecule has 3 atom stereocenters. The van der Waals surface area contributed by atoms with Crippen molar-refractivity contribution in [2.24, 2.45) is 5.92 Å². The Morgan fingerprint density at radius 3 is 2.46 bits per heavy atom. The quantitative estimate of drug-likeness (QED) is 0.620. The Labute approximate surface area is 78.3 Å². The Bertz CT molecular complexity index is 206. The summed E-state index contributed by atoms with van der Waals surface area (Å²) in [5.74, 6) is 0.352. The lowest BCUT2D eigenvalue weighted by Crippen LogP contribution is -2.25. The van der Waals surface area contributed by atoms with E-state index < -0.39 is 5.79 Å². The van der Waals surface area contributed by atoms with Crippen molar-refractivity contribution in [3.05, 3.63) is 0 Å². The maximum atomic E-state index is 5.80. The molecule has 0 amide bonds. The van der Waals surface area contributed by atoms with Crippen LogP contribution in [0.4, 0.5) is 0 Å². The van der Waals surface area contributed by atoms with Crippen LogP contribution in [0.2, 0.25) is 0 Å². The van der Waals surface area contributed by atoms with Crippen molar-refractivity contribution in [2.45, 2.75) is 57.4 Å². The van der Waals surface area contributed by atoms with E-state index in [4.69, 9.17) is 14.2 Å². The summed E-state index contributed by atoms with van der Waals surface area (Å²) in [6, 6.07) is 0. The smallest absolute Gasteiger partial charge is 0.187 e. The van der Waals surface area contributed by atoms with Crippen LogP contribution in [-0.4, -0.2) is 24.3 Å². The van der Waals surface area contributed by atoms with Gasteiger partial charge < -0.3 is 14.2 Å². The van der Waals surface area contributed by atoms with Gasteiger partial charge in [0, 0.05) is 6.42 Å². The van der Waals surface area contributed by atoms with Crippen molar-refractivity contribution in [1.29, 1.82) is 0 Å². The minimum absolute atomic E-state index is 0.0967. The lowest BCUT2D eigenvalue weighted by Gasteiger charge is -2.20. The summed E-state index contributed by atoms with van der Waals surface area (Å²) in [7, 11) is 0. The standard InChI is InChI=1S/C10H16O3/c1-10(2)12-8-5-7(6-3-4-6)11-9(8)13-10/h6-9H,3-5H2,1-2H3/t7-,8+,9+/m0/s1. The first-order chi connectivity index (χ1) is 6.14. The van der Waals surface area contributed by atoms with Gasteiger partial charge in [-0.2, -0.15) is 0 Å². The molecular formula is C10H16O3. The van der Waals surface area contributed by atoms with Crippen LogP contribution < -0.4 is 0 Å². The second kappa shape index (κ2) is 2.47. The molecule has 1 aliphatic carbocycles. The molecule has 2 aliphatic heterocycles. The van der Waals surface area contributed by atoms with E-state index in [0.29, 0.717) is 6.10 Å². The number of rotatable bonds is 1. The predicted octanol–water partition coefficient (Wildman–Crippen LogP) is 1.66. The van der Waals surface area contributed by atoms with Crippen LogP contribution in [0.5, 0.6) is 0 Å². The zero-order chi connectivity index (χ0) is 9.05. The van der Waals surface area contributed by atoms with Crippen molar-refractivity contribution in [2.75, 3.05) is 0 Å². The van der Waals surface area contributed by atoms with Gasteiger partial charge in [0.2, 0.25) is 0 Å². The van der Waals surface area contributed by atoms with E-state index in [1.165, 1.54) is 12.8 Å². The fraction of sp³-hybridized carbons (Fsp3) is 1.00. The van der Waals surface area contributed by atoms with Gasteiger partial charge in [0.05, 0.1) is 6.10 Å². The molecule has 13 heavy (non-hydrogen) atoms. The summed E-state index contributed by atoms with van der Waals surface area (Å²) >= 11 is 0. The molecule has 3 fully saturated rings. The summed E-state index contributed by atoms with van der Waals surface area (Å²) in [5.41, 5.74) is 0. The van der Waals surface area contributed by atoms with Gasteiger partial charge in [-0.05, 0) is 32.6 Å². The Balaban J connectivity index is 1.66. The Morgan fingerprint density at radius 1 is 1.08 bits per heavy atom. The summed E-state index contributed by atoms with van der Waals surface area (Å²) in [6.45, 7) is 3.89. The van der Waals surface area contributed by atoms with Gasteiger partial charge in [-0.15, -0.1) is 0 Å². The van der Waals surface area contributed by atoms with E-state index in [9.17, 15) is 0 Å². The van der Waals surface area contributed by atoms with E-state index in [1.807, 2.05) is 13.8 Å². The van der Waals surface area contributed by atoms with Gasteiger partial charge >= 0.3 is 0 Å². The van der Waals surface area contributed by atoms with Crippen molar-refractivity contribution in [1.82, 2.24) is 0 Å². The first-order valence-corrected chi connectivity index (χ1v) is 5.15. The molecule has 0 aromatic carbocycles. The number of ether oxygens (including phenoxy) is 3.